The molecule has 0 heterocycles. The van der Waals surface area contributed by atoms with Gasteiger partial charge in [0.2, 0.25) is 0 Å². The Morgan fingerprint density at radius 2 is 1.64 bits per heavy atom. The number of aryl methyl sites for hydroxylation is 1. The van der Waals surface area contributed by atoms with Gasteiger partial charge in [-0.15, -0.1) is 0 Å². The van der Waals surface area contributed by atoms with Gasteiger partial charge in [-0.1, -0.05) is 38.1 Å². The first-order valence-corrected chi connectivity index (χ1v) is 9.68. The third kappa shape index (κ3) is 4.82. The van der Waals surface area contributed by atoms with E-state index in [9.17, 15) is 13.2 Å². The number of benzene rings is 2. The first kappa shape index (κ1) is 19.0. The van der Waals surface area contributed by atoms with Gasteiger partial charge in [-0.2, -0.15) is 0 Å². The van der Waals surface area contributed by atoms with Crippen LogP contribution in [0.2, 0.25) is 0 Å². The van der Waals surface area contributed by atoms with E-state index in [2.05, 4.69) is 10.0 Å². The molecular weight excluding hydrogens is 336 g/mol. The molecule has 0 aliphatic heterocycles. The normalized spacial score (nSPS) is 12.7. The number of amides is 1. The van der Waals surface area contributed by atoms with Crippen LogP contribution in [0.25, 0.3) is 0 Å². The molecule has 1 amide bonds. The number of rotatable bonds is 6. The average molecular weight is 360 g/mol. The molecule has 25 heavy (non-hydrogen) atoms. The van der Waals surface area contributed by atoms with Crippen LogP contribution in [-0.4, -0.2) is 20.4 Å². The molecule has 2 N–H and O–H groups in total. The Balaban J connectivity index is 2.31. The highest BCUT2D eigenvalue weighted by atomic mass is 32.2. The molecule has 0 bridgehead atoms. The Hall–Kier alpha value is -2.34. The van der Waals surface area contributed by atoms with Crippen molar-refractivity contribution in [2.45, 2.75) is 38.6 Å². The molecule has 134 valence electrons. The van der Waals surface area contributed by atoms with E-state index in [0.29, 0.717) is 16.8 Å². The fourth-order valence-electron chi connectivity index (χ4n) is 2.20. The Morgan fingerprint density at radius 3 is 2.24 bits per heavy atom. The van der Waals surface area contributed by atoms with Gasteiger partial charge in [0.05, 0.1) is 4.90 Å². The topological polar surface area (TPSA) is 75.3 Å². The van der Waals surface area contributed by atoms with Crippen molar-refractivity contribution in [3.63, 3.8) is 0 Å². The van der Waals surface area contributed by atoms with Gasteiger partial charge in [-0.25, -0.2) is 8.42 Å². The van der Waals surface area contributed by atoms with Gasteiger partial charge in [0.15, 0.2) is 0 Å². The number of sulfonamides is 1. The van der Waals surface area contributed by atoms with Crippen LogP contribution in [0.4, 0.5) is 5.69 Å². The lowest BCUT2D eigenvalue weighted by Gasteiger charge is -2.18. The summed E-state index contributed by atoms with van der Waals surface area (Å²) in [6, 6.07) is 13.4. The highest BCUT2D eigenvalue weighted by Gasteiger charge is 2.20. The molecule has 6 heteroatoms. The number of hydrogen-bond donors (Lipinski definition) is 2. The molecule has 0 fully saturated rings. The number of para-hydroxylation sites is 1. The van der Waals surface area contributed by atoms with Gasteiger partial charge in [-0.3, -0.25) is 9.52 Å². The molecule has 0 unspecified atom stereocenters. The van der Waals surface area contributed by atoms with Gasteiger partial charge in [0, 0.05) is 17.3 Å². The summed E-state index contributed by atoms with van der Waals surface area (Å²) < 4.78 is 27.9. The van der Waals surface area contributed by atoms with E-state index in [-0.39, 0.29) is 22.8 Å². The SMILES string of the molecule is Cc1ccc(C(=O)N[C@H](C)C(C)C)cc1S(=O)(=O)Nc1ccccc1. The molecule has 0 aromatic heterocycles. The molecular formula is C19H24N2O3S. The predicted octanol–water partition coefficient (Wildman–Crippen LogP) is 3.57. The summed E-state index contributed by atoms with van der Waals surface area (Å²) in [7, 11) is -3.77. The summed E-state index contributed by atoms with van der Waals surface area (Å²) in [5, 5.41) is 2.89. The van der Waals surface area contributed by atoms with Crippen molar-refractivity contribution < 1.29 is 13.2 Å². The van der Waals surface area contributed by atoms with Crippen LogP contribution in [0.5, 0.6) is 0 Å². The van der Waals surface area contributed by atoms with Crippen molar-refractivity contribution in [1.82, 2.24) is 5.32 Å². The minimum Gasteiger partial charge on any atom is -0.349 e. The molecule has 0 radical (unpaired) electrons. The van der Waals surface area contributed by atoms with E-state index < -0.39 is 10.0 Å². The molecule has 2 aromatic carbocycles. The zero-order valence-corrected chi connectivity index (χ0v) is 15.7. The molecule has 1 atom stereocenters. The zero-order valence-electron chi connectivity index (χ0n) is 14.9. The fraction of sp³-hybridized carbons (Fsp3) is 0.316. The van der Waals surface area contributed by atoms with Gasteiger partial charge in [0.1, 0.15) is 0 Å². The first-order chi connectivity index (χ1) is 11.7. The van der Waals surface area contributed by atoms with Crippen LogP contribution in [0.3, 0.4) is 0 Å². The van der Waals surface area contributed by atoms with Crippen molar-refractivity contribution in [1.29, 1.82) is 0 Å². The predicted molar refractivity (Wildman–Crippen MR) is 100 cm³/mol. The molecule has 0 aliphatic carbocycles. The standard InChI is InChI=1S/C19H24N2O3S/c1-13(2)15(4)20-19(22)16-11-10-14(3)18(12-16)25(23,24)21-17-8-6-5-7-9-17/h5-13,15,21H,1-4H3,(H,20,22)/t15-/m1/s1. The van der Waals surface area contributed by atoms with Crippen molar-refractivity contribution >= 4 is 21.6 Å². The van der Waals surface area contributed by atoms with E-state index in [0.717, 1.165) is 0 Å². The maximum absolute atomic E-state index is 12.7. The number of hydrogen-bond acceptors (Lipinski definition) is 3. The minimum absolute atomic E-state index is 0.00342. The number of nitrogens with one attached hydrogen (secondary N) is 2. The second-order valence-corrected chi connectivity index (χ2v) is 8.11. The molecule has 0 saturated heterocycles. The number of carbonyl (C=O) groups excluding carboxylic acids is 1. The fourth-order valence-corrected chi connectivity index (χ4v) is 3.53. The van der Waals surface area contributed by atoms with Crippen LogP contribution >= 0.6 is 0 Å². The van der Waals surface area contributed by atoms with Crippen LogP contribution in [0.15, 0.2) is 53.4 Å². The maximum atomic E-state index is 12.7. The van der Waals surface area contributed by atoms with E-state index in [1.807, 2.05) is 26.8 Å². The van der Waals surface area contributed by atoms with Crippen LogP contribution < -0.4 is 10.0 Å². The largest absolute Gasteiger partial charge is 0.349 e. The third-order valence-electron chi connectivity index (χ3n) is 4.12. The van der Waals surface area contributed by atoms with Crippen LogP contribution in [0.1, 0.15) is 36.7 Å². The first-order valence-electron chi connectivity index (χ1n) is 8.20. The number of anilines is 1. The van der Waals surface area contributed by atoms with E-state index in [4.69, 9.17) is 0 Å². The molecule has 0 saturated carbocycles. The lowest BCUT2D eigenvalue weighted by molar-refractivity contribution is 0.0930. The van der Waals surface area contributed by atoms with Crippen LogP contribution in [0, 0.1) is 12.8 Å². The van der Waals surface area contributed by atoms with Gasteiger partial charge < -0.3 is 5.32 Å². The van der Waals surface area contributed by atoms with Crippen molar-refractivity contribution in [3.05, 3.63) is 59.7 Å². The summed E-state index contributed by atoms with van der Waals surface area (Å²) in [5.74, 6) is 0.00899. The Labute approximate surface area is 149 Å². The molecule has 5 nitrogen and oxygen atoms in total. The highest BCUT2D eigenvalue weighted by Crippen LogP contribution is 2.21. The van der Waals surface area contributed by atoms with Crippen LogP contribution in [-0.2, 0) is 10.0 Å². The quantitative estimate of drug-likeness (QED) is 0.827. The molecule has 2 aromatic rings. The summed E-state index contributed by atoms with van der Waals surface area (Å²) in [6.07, 6.45) is 0. The number of carbonyl (C=O) groups is 1. The highest BCUT2D eigenvalue weighted by molar-refractivity contribution is 7.92. The molecule has 0 spiro atoms. The lowest BCUT2D eigenvalue weighted by atomic mass is 10.1. The maximum Gasteiger partial charge on any atom is 0.262 e. The summed E-state index contributed by atoms with van der Waals surface area (Å²) in [6.45, 7) is 7.66. The van der Waals surface area contributed by atoms with Gasteiger partial charge in [0.25, 0.3) is 15.9 Å². The van der Waals surface area contributed by atoms with Gasteiger partial charge in [-0.05, 0) is 49.6 Å². The third-order valence-corrected chi connectivity index (χ3v) is 5.65. The second-order valence-electron chi connectivity index (χ2n) is 6.46. The van der Waals surface area contributed by atoms with Gasteiger partial charge >= 0.3 is 0 Å². The van der Waals surface area contributed by atoms with Crippen molar-refractivity contribution in [3.8, 4) is 0 Å². The summed E-state index contributed by atoms with van der Waals surface area (Å²) >= 11 is 0. The monoisotopic (exact) mass is 360 g/mol. The lowest BCUT2D eigenvalue weighted by Crippen LogP contribution is -2.36. The van der Waals surface area contributed by atoms with E-state index in [1.165, 1.54) is 6.07 Å². The Kier molecular flexibility index (Phi) is 5.85. The van der Waals surface area contributed by atoms with Crippen molar-refractivity contribution in [2.75, 3.05) is 4.72 Å². The second kappa shape index (κ2) is 7.70. The average Bonchev–Trinajstić information content (AvgIpc) is 2.55. The molecule has 2 rings (SSSR count). The summed E-state index contributed by atoms with van der Waals surface area (Å²) in [5.41, 5.74) is 1.38. The molecule has 0 aliphatic rings. The Bertz CT molecular complexity index is 846. The summed E-state index contributed by atoms with van der Waals surface area (Å²) in [4.78, 5) is 12.5. The zero-order chi connectivity index (χ0) is 18.6. The van der Waals surface area contributed by atoms with Crippen molar-refractivity contribution in [2.24, 2.45) is 5.92 Å². The van der Waals surface area contributed by atoms with E-state index >= 15 is 0 Å². The minimum atomic E-state index is -3.77. The van der Waals surface area contributed by atoms with E-state index in [1.54, 1.807) is 43.3 Å². The smallest absolute Gasteiger partial charge is 0.262 e. The Morgan fingerprint density at radius 1 is 1.00 bits per heavy atom.